The number of azide groups is 1. The highest BCUT2D eigenvalue weighted by Gasteiger charge is 2.45. The van der Waals surface area contributed by atoms with Crippen LogP contribution in [0.3, 0.4) is 0 Å². The van der Waals surface area contributed by atoms with Crippen LogP contribution in [0.2, 0.25) is 0 Å². The fourth-order valence-corrected chi connectivity index (χ4v) is 4.21. The molecule has 0 radical (unpaired) electrons. The van der Waals surface area contributed by atoms with E-state index in [0.717, 1.165) is 5.56 Å². The molecule has 2 aromatic rings. The first-order chi connectivity index (χ1) is 13.0. The van der Waals surface area contributed by atoms with E-state index < -0.39 is 26.8 Å². The summed E-state index contributed by atoms with van der Waals surface area (Å²) in [5.74, 6) is -0.982. The molecule has 27 heavy (non-hydrogen) atoms. The summed E-state index contributed by atoms with van der Waals surface area (Å²) in [6, 6.07) is 13.6. The Kier molecular flexibility index (Phi) is 5.05. The molecule has 0 spiro atoms. The molecule has 1 aliphatic heterocycles. The average Bonchev–Trinajstić information content (AvgIpc) is 3.05. The Labute approximate surface area is 155 Å². The molecule has 9 nitrogen and oxygen atoms in total. The van der Waals surface area contributed by atoms with Gasteiger partial charge in [0, 0.05) is 23.2 Å². The minimum Gasteiger partial charge on any atom is -0.360 e. The van der Waals surface area contributed by atoms with Crippen molar-refractivity contribution in [3.05, 3.63) is 76.1 Å². The van der Waals surface area contributed by atoms with Gasteiger partial charge in [0.15, 0.2) is 0 Å². The van der Waals surface area contributed by atoms with Gasteiger partial charge >= 0.3 is 11.0 Å². The smallest absolute Gasteiger partial charge is 0.360 e. The Bertz CT molecular complexity index is 1090. The molecule has 0 N–H and O–H groups in total. The third-order valence-corrected chi connectivity index (χ3v) is 5.89. The number of hydrogen-bond acceptors (Lipinski definition) is 4. The molecule has 136 valence electrons. The molecule has 3 rings (SSSR count). The number of hydrogen-bond donors (Lipinski definition) is 0. The number of nitrogens with zero attached hydrogens (tertiary/aromatic N) is 6. The SMILES string of the molecule is [N-]=[N+]=NCC1Cc2ccccc2N1C(=O)C(=[N+]=[N-])S(=O)(=O)c1ccccc1. The molecule has 0 saturated carbocycles. The monoisotopic (exact) mass is 382 g/mol. The Balaban J connectivity index is 2.06. The second kappa shape index (κ2) is 7.43. The number of amides is 1. The summed E-state index contributed by atoms with van der Waals surface area (Å²) >= 11 is 0. The van der Waals surface area contributed by atoms with E-state index in [0.29, 0.717) is 12.1 Å². The molecule has 0 aliphatic carbocycles. The van der Waals surface area contributed by atoms with E-state index >= 15 is 0 Å². The lowest BCUT2D eigenvalue weighted by Gasteiger charge is -2.22. The number of benzene rings is 2. The van der Waals surface area contributed by atoms with Crippen LogP contribution < -0.4 is 4.90 Å². The summed E-state index contributed by atoms with van der Waals surface area (Å²) in [5, 5.41) is 2.52. The average molecular weight is 382 g/mol. The first-order valence-electron chi connectivity index (χ1n) is 7.95. The van der Waals surface area contributed by atoms with Gasteiger partial charge in [0.2, 0.25) is 0 Å². The predicted octanol–water partition coefficient (Wildman–Crippen LogP) is 2.36. The van der Waals surface area contributed by atoms with Crippen LogP contribution in [-0.2, 0) is 21.1 Å². The molecule has 0 bridgehead atoms. The first kappa shape index (κ1) is 18.3. The van der Waals surface area contributed by atoms with Gasteiger partial charge in [-0.05, 0) is 35.7 Å². The Morgan fingerprint density at radius 1 is 1.11 bits per heavy atom. The van der Waals surface area contributed by atoms with Gasteiger partial charge in [-0.1, -0.05) is 41.5 Å². The van der Waals surface area contributed by atoms with E-state index in [1.54, 1.807) is 30.3 Å². The topological polar surface area (TPSA) is 140 Å². The lowest BCUT2D eigenvalue weighted by molar-refractivity contribution is -0.116. The first-order valence-corrected chi connectivity index (χ1v) is 9.43. The van der Waals surface area contributed by atoms with Crippen LogP contribution in [-0.4, -0.2) is 36.7 Å². The standard InChI is InChI=1S/C17H14N6O3S/c18-21-16(27(25,26)14-7-2-1-3-8-14)17(24)23-13(11-20-22-19)10-12-6-4-5-9-15(12)23/h1-9,13H,10-11H2. The molecule has 0 saturated heterocycles. The third kappa shape index (κ3) is 3.32. The summed E-state index contributed by atoms with van der Waals surface area (Å²) in [6.45, 7) is -0.0407. The zero-order valence-electron chi connectivity index (χ0n) is 14.0. The molecular formula is C17H14N6O3S. The zero-order valence-corrected chi connectivity index (χ0v) is 14.8. The number of fused-ring (bicyclic) bond motifs is 1. The molecule has 10 heteroatoms. The largest absolute Gasteiger partial charge is 0.474 e. The second-order valence-electron chi connectivity index (χ2n) is 5.80. The van der Waals surface area contributed by atoms with Crippen molar-refractivity contribution in [2.24, 2.45) is 5.11 Å². The maximum absolute atomic E-state index is 13.1. The van der Waals surface area contributed by atoms with Gasteiger partial charge in [-0.15, -0.1) is 4.79 Å². The van der Waals surface area contributed by atoms with Gasteiger partial charge in [-0.25, -0.2) is 8.42 Å². The van der Waals surface area contributed by atoms with Crippen LogP contribution in [0.15, 0.2) is 64.6 Å². The van der Waals surface area contributed by atoms with Crippen LogP contribution in [0.1, 0.15) is 5.56 Å². The van der Waals surface area contributed by atoms with E-state index in [1.165, 1.54) is 29.2 Å². The van der Waals surface area contributed by atoms with Crippen molar-refractivity contribution < 1.29 is 18.0 Å². The summed E-state index contributed by atoms with van der Waals surface area (Å²) in [4.78, 5) is 19.6. The van der Waals surface area contributed by atoms with Gasteiger partial charge in [0.05, 0.1) is 4.90 Å². The number of anilines is 1. The van der Waals surface area contributed by atoms with E-state index in [9.17, 15) is 18.7 Å². The number of carbonyl (C=O) groups is 1. The number of para-hydroxylation sites is 1. The maximum atomic E-state index is 13.1. The number of rotatable bonds is 3. The van der Waals surface area contributed by atoms with Crippen LogP contribution in [0.5, 0.6) is 0 Å². The van der Waals surface area contributed by atoms with Crippen molar-refractivity contribution in [3.63, 3.8) is 0 Å². The molecule has 1 atom stereocenters. The van der Waals surface area contributed by atoms with Crippen molar-refractivity contribution in [1.29, 1.82) is 0 Å². The van der Waals surface area contributed by atoms with E-state index in [2.05, 4.69) is 14.8 Å². The Morgan fingerprint density at radius 2 is 1.78 bits per heavy atom. The number of sulfone groups is 1. The number of carbonyl (C=O) groups excluding carboxylic acids is 1. The summed E-state index contributed by atoms with van der Waals surface area (Å²) in [6.07, 6.45) is 0.394. The summed E-state index contributed by atoms with van der Waals surface area (Å²) in [5.41, 5.74) is 19.2. The van der Waals surface area contributed by atoms with E-state index in [1.807, 2.05) is 0 Å². The van der Waals surface area contributed by atoms with E-state index in [-0.39, 0.29) is 11.4 Å². The fraction of sp³-hybridized carbons (Fsp3) is 0.176. The van der Waals surface area contributed by atoms with Gasteiger partial charge < -0.3 is 5.53 Å². The third-order valence-electron chi connectivity index (χ3n) is 4.23. The van der Waals surface area contributed by atoms with Crippen LogP contribution in [0.4, 0.5) is 5.69 Å². The molecule has 1 heterocycles. The minimum absolute atomic E-state index is 0.0407. The minimum atomic E-state index is -4.33. The molecular weight excluding hydrogens is 368 g/mol. The van der Waals surface area contributed by atoms with Crippen molar-refractivity contribution in [2.45, 2.75) is 17.4 Å². The molecule has 2 aromatic carbocycles. The molecule has 1 amide bonds. The Morgan fingerprint density at radius 3 is 2.44 bits per heavy atom. The van der Waals surface area contributed by atoms with Crippen molar-refractivity contribution in [1.82, 2.24) is 0 Å². The maximum Gasteiger partial charge on any atom is 0.474 e. The molecule has 1 aliphatic rings. The van der Waals surface area contributed by atoms with Gasteiger partial charge in [0.1, 0.15) is 0 Å². The van der Waals surface area contributed by atoms with Crippen molar-refractivity contribution in [3.8, 4) is 0 Å². The summed E-state index contributed by atoms with van der Waals surface area (Å²) < 4.78 is 25.5. The normalized spacial score (nSPS) is 15.4. The zero-order chi connectivity index (χ0) is 19.4. The molecule has 1 unspecified atom stereocenters. The lowest BCUT2D eigenvalue weighted by Crippen LogP contribution is -2.46. The van der Waals surface area contributed by atoms with Crippen LogP contribution >= 0.6 is 0 Å². The second-order valence-corrected chi connectivity index (χ2v) is 7.66. The predicted molar refractivity (Wildman–Crippen MR) is 97.7 cm³/mol. The summed E-state index contributed by atoms with van der Waals surface area (Å²) in [7, 11) is -4.33. The highest BCUT2D eigenvalue weighted by molar-refractivity contribution is 8.08. The van der Waals surface area contributed by atoms with E-state index in [4.69, 9.17) is 5.53 Å². The van der Waals surface area contributed by atoms with Crippen molar-refractivity contribution >= 4 is 26.5 Å². The van der Waals surface area contributed by atoms with Gasteiger partial charge in [-0.3, -0.25) is 9.69 Å². The quantitative estimate of drug-likeness (QED) is 0.264. The molecule has 0 fully saturated rings. The Hall–Kier alpha value is -3.45. The lowest BCUT2D eigenvalue weighted by atomic mass is 10.1. The highest BCUT2D eigenvalue weighted by Crippen LogP contribution is 2.33. The molecule has 0 aromatic heterocycles. The highest BCUT2D eigenvalue weighted by atomic mass is 32.2. The van der Waals surface area contributed by atoms with Gasteiger partial charge in [0.25, 0.3) is 9.84 Å². The van der Waals surface area contributed by atoms with Crippen LogP contribution in [0, 0.1) is 0 Å². The van der Waals surface area contributed by atoms with Gasteiger partial charge in [-0.2, -0.15) is 0 Å². The van der Waals surface area contributed by atoms with Crippen LogP contribution in [0.25, 0.3) is 16.0 Å². The van der Waals surface area contributed by atoms with Crippen molar-refractivity contribution in [2.75, 3.05) is 11.4 Å². The fourth-order valence-electron chi connectivity index (χ4n) is 3.04.